The van der Waals surface area contributed by atoms with Gasteiger partial charge in [0.2, 0.25) is 0 Å². The van der Waals surface area contributed by atoms with Gasteiger partial charge in [-0.15, -0.1) is 0 Å². The van der Waals surface area contributed by atoms with Crippen molar-refractivity contribution in [3.05, 3.63) is 0 Å². The van der Waals surface area contributed by atoms with Crippen molar-refractivity contribution >= 4 is 12.0 Å². The van der Waals surface area contributed by atoms with E-state index in [-0.39, 0.29) is 18.2 Å². The lowest BCUT2D eigenvalue weighted by molar-refractivity contribution is -0.144. The van der Waals surface area contributed by atoms with Crippen LogP contribution in [0.25, 0.3) is 0 Å². The summed E-state index contributed by atoms with van der Waals surface area (Å²) in [5.41, 5.74) is -1.20. The average molecular weight is 284 g/mol. The van der Waals surface area contributed by atoms with Crippen molar-refractivity contribution in [2.45, 2.75) is 63.6 Å². The zero-order valence-electron chi connectivity index (χ0n) is 12.2. The predicted molar refractivity (Wildman–Crippen MR) is 73.6 cm³/mol. The highest BCUT2D eigenvalue weighted by Crippen LogP contribution is 2.30. The van der Waals surface area contributed by atoms with Gasteiger partial charge in [-0.1, -0.05) is 13.3 Å². The van der Waals surface area contributed by atoms with Crippen LogP contribution in [0.2, 0.25) is 0 Å². The van der Waals surface area contributed by atoms with Gasteiger partial charge in [0.25, 0.3) is 0 Å². The fourth-order valence-corrected chi connectivity index (χ4v) is 3.21. The summed E-state index contributed by atoms with van der Waals surface area (Å²) in [5.74, 6) is -0.982. The molecule has 0 aromatic rings. The number of nitrogens with one attached hydrogen (secondary N) is 1. The summed E-state index contributed by atoms with van der Waals surface area (Å²) in [7, 11) is 0. The normalized spacial score (nSPS) is 28.6. The second-order valence-corrected chi connectivity index (χ2v) is 5.92. The van der Waals surface area contributed by atoms with Crippen LogP contribution in [0.15, 0.2) is 0 Å². The number of carbonyl (C=O) groups excluding carboxylic acids is 1. The summed E-state index contributed by atoms with van der Waals surface area (Å²) in [6, 6.07) is -0.174. The minimum atomic E-state index is -1.20. The molecular formula is C14H24N2O4. The van der Waals surface area contributed by atoms with Crippen molar-refractivity contribution in [1.29, 1.82) is 0 Å². The third-order valence-electron chi connectivity index (χ3n) is 4.35. The van der Waals surface area contributed by atoms with E-state index < -0.39 is 11.5 Å². The number of hydrogen-bond donors (Lipinski definition) is 2. The largest absolute Gasteiger partial charge is 0.480 e. The Kier molecular flexibility index (Phi) is 4.52. The number of hydrogen-bond acceptors (Lipinski definition) is 3. The molecule has 0 aromatic heterocycles. The Morgan fingerprint density at radius 1 is 1.45 bits per heavy atom. The molecule has 2 rings (SSSR count). The third kappa shape index (κ3) is 2.90. The zero-order chi connectivity index (χ0) is 14.8. The van der Waals surface area contributed by atoms with Crippen LogP contribution in [0.4, 0.5) is 4.79 Å². The van der Waals surface area contributed by atoms with E-state index >= 15 is 0 Å². The van der Waals surface area contributed by atoms with Crippen LogP contribution < -0.4 is 5.32 Å². The van der Waals surface area contributed by atoms with E-state index in [1.807, 2.05) is 6.92 Å². The molecule has 2 aliphatic rings. The van der Waals surface area contributed by atoms with Gasteiger partial charge >= 0.3 is 12.0 Å². The molecule has 0 bridgehead atoms. The topological polar surface area (TPSA) is 78.9 Å². The molecule has 2 fully saturated rings. The highest BCUT2D eigenvalue weighted by molar-refractivity contribution is 5.86. The Balaban J connectivity index is 2.04. The number of nitrogens with zero attached hydrogens (tertiary/aromatic N) is 1. The molecule has 1 saturated carbocycles. The van der Waals surface area contributed by atoms with Crippen molar-refractivity contribution < 1.29 is 19.4 Å². The standard InChI is InChI=1S/C14H24N2O4/c1-3-7-14(2,12(17)18)15-13(19)16-8-9-20-11-6-4-5-10(11)16/h10-11H,3-9H2,1-2H3,(H,15,19)(H,17,18). The van der Waals surface area contributed by atoms with E-state index in [1.165, 1.54) is 0 Å². The van der Waals surface area contributed by atoms with Gasteiger partial charge in [-0.05, 0) is 32.6 Å². The number of carboxylic acid groups (broad SMARTS) is 1. The molecule has 0 aromatic carbocycles. The van der Waals surface area contributed by atoms with Crippen molar-refractivity contribution in [1.82, 2.24) is 10.2 Å². The van der Waals surface area contributed by atoms with Crippen molar-refractivity contribution in [2.24, 2.45) is 0 Å². The second-order valence-electron chi connectivity index (χ2n) is 5.92. The summed E-state index contributed by atoms with van der Waals surface area (Å²) in [5, 5.41) is 12.0. The van der Waals surface area contributed by atoms with Gasteiger partial charge in [0.15, 0.2) is 0 Å². The SMILES string of the molecule is CCCC(C)(NC(=O)N1CCOC2CCCC21)C(=O)O. The number of carboxylic acids is 1. The molecule has 0 radical (unpaired) electrons. The van der Waals surface area contributed by atoms with Gasteiger partial charge in [-0.25, -0.2) is 9.59 Å². The minimum absolute atomic E-state index is 0.100. The fourth-order valence-electron chi connectivity index (χ4n) is 3.21. The van der Waals surface area contributed by atoms with Crippen LogP contribution >= 0.6 is 0 Å². The summed E-state index contributed by atoms with van der Waals surface area (Å²) >= 11 is 0. The fraction of sp³-hybridized carbons (Fsp3) is 0.857. The van der Waals surface area contributed by atoms with Crippen LogP contribution in [0.1, 0.15) is 46.0 Å². The van der Waals surface area contributed by atoms with E-state index in [4.69, 9.17) is 4.74 Å². The smallest absolute Gasteiger partial charge is 0.329 e. The zero-order valence-corrected chi connectivity index (χ0v) is 12.2. The van der Waals surface area contributed by atoms with E-state index in [9.17, 15) is 14.7 Å². The summed E-state index contributed by atoms with van der Waals surface area (Å²) in [4.78, 5) is 25.6. The maximum Gasteiger partial charge on any atom is 0.329 e. The highest BCUT2D eigenvalue weighted by atomic mass is 16.5. The van der Waals surface area contributed by atoms with E-state index in [0.29, 0.717) is 26.0 Å². The van der Waals surface area contributed by atoms with Gasteiger partial charge in [0.05, 0.1) is 18.8 Å². The van der Waals surface area contributed by atoms with Crippen LogP contribution in [-0.4, -0.2) is 52.8 Å². The van der Waals surface area contributed by atoms with E-state index in [2.05, 4.69) is 5.32 Å². The minimum Gasteiger partial charge on any atom is -0.480 e. The molecule has 6 nitrogen and oxygen atoms in total. The maximum absolute atomic E-state index is 12.4. The molecule has 1 aliphatic carbocycles. The molecule has 1 saturated heterocycles. The molecule has 0 spiro atoms. The van der Waals surface area contributed by atoms with E-state index in [1.54, 1.807) is 11.8 Å². The van der Waals surface area contributed by atoms with Crippen molar-refractivity contribution in [3.63, 3.8) is 0 Å². The first kappa shape index (κ1) is 15.1. The van der Waals surface area contributed by atoms with Crippen LogP contribution in [0.3, 0.4) is 0 Å². The quantitative estimate of drug-likeness (QED) is 0.821. The third-order valence-corrected chi connectivity index (χ3v) is 4.35. The number of rotatable bonds is 4. The Hall–Kier alpha value is -1.30. The molecule has 20 heavy (non-hydrogen) atoms. The second kappa shape index (κ2) is 5.99. The Bertz CT molecular complexity index is 387. The van der Waals surface area contributed by atoms with Crippen LogP contribution in [-0.2, 0) is 9.53 Å². The van der Waals surface area contributed by atoms with E-state index in [0.717, 1.165) is 19.3 Å². The molecule has 2 amide bonds. The highest BCUT2D eigenvalue weighted by Gasteiger charge is 2.41. The molecule has 2 N–H and O–H groups in total. The monoisotopic (exact) mass is 284 g/mol. The first-order chi connectivity index (χ1) is 9.48. The molecule has 114 valence electrons. The van der Waals surface area contributed by atoms with Gasteiger partial charge in [-0.2, -0.15) is 0 Å². The summed E-state index contributed by atoms with van der Waals surface area (Å²) < 4.78 is 5.67. The number of carbonyl (C=O) groups is 2. The van der Waals surface area contributed by atoms with Gasteiger partial charge in [-0.3, -0.25) is 0 Å². The first-order valence-corrected chi connectivity index (χ1v) is 7.41. The predicted octanol–water partition coefficient (Wildman–Crippen LogP) is 1.59. The molecule has 6 heteroatoms. The summed E-state index contributed by atoms with van der Waals surface area (Å²) in [6.45, 7) is 4.55. The number of urea groups is 1. The molecule has 3 atom stereocenters. The Morgan fingerprint density at radius 3 is 2.85 bits per heavy atom. The lowest BCUT2D eigenvalue weighted by Gasteiger charge is -2.39. The van der Waals surface area contributed by atoms with Gasteiger partial charge in [0, 0.05) is 6.54 Å². The lowest BCUT2D eigenvalue weighted by atomic mass is 9.96. The Morgan fingerprint density at radius 2 is 2.20 bits per heavy atom. The molecule has 3 unspecified atom stereocenters. The Labute approximate surface area is 119 Å². The summed E-state index contributed by atoms with van der Waals surface area (Å²) in [6.07, 6.45) is 4.24. The van der Waals surface area contributed by atoms with Crippen LogP contribution in [0.5, 0.6) is 0 Å². The molecular weight excluding hydrogens is 260 g/mol. The molecule has 1 aliphatic heterocycles. The van der Waals surface area contributed by atoms with Crippen molar-refractivity contribution in [2.75, 3.05) is 13.2 Å². The van der Waals surface area contributed by atoms with Gasteiger partial charge < -0.3 is 20.1 Å². The van der Waals surface area contributed by atoms with Crippen LogP contribution in [0, 0.1) is 0 Å². The van der Waals surface area contributed by atoms with Crippen molar-refractivity contribution in [3.8, 4) is 0 Å². The lowest BCUT2D eigenvalue weighted by Crippen LogP contribution is -2.60. The number of fused-ring (bicyclic) bond motifs is 1. The molecule has 1 heterocycles. The number of amides is 2. The number of ether oxygens (including phenoxy) is 1. The maximum atomic E-state index is 12.4. The average Bonchev–Trinajstić information content (AvgIpc) is 2.86. The number of aliphatic carboxylic acids is 1. The van der Waals surface area contributed by atoms with Gasteiger partial charge in [0.1, 0.15) is 5.54 Å². The first-order valence-electron chi connectivity index (χ1n) is 7.41. The number of morpholine rings is 1.